The molecule has 0 aliphatic rings. The third-order valence-electron chi connectivity index (χ3n) is 3.11. The Balaban J connectivity index is 2.76. The summed E-state index contributed by atoms with van der Waals surface area (Å²) in [6.07, 6.45) is 1.19. The molecule has 0 heterocycles. The Hall–Kier alpha value is -1.69. The van der Waals surface area contributed by atoms with Crippen LogP contribution in [0.3, 0.4) is 0 Å². The van der Waals surface area contributed by atoms with Crippen molar-refractivity contribution in [3.8, 4) is 0 Å². The average Bonchev–Trinajstić information content (AvgIpc) is 2.35. The SMILES string of the molecule is CCC(CC)(NC(=O)Nc1cccc(F)c1)C(N)=S. The van der Waals surface area contributed by atoms with Gasteiger partial charge in [0.2, 0.25) is 0 Å². The zero-order valence-corrected chi connectivity index (χ0v) is 11.8. The van der Waals surface area contributed by atoms with Gasteiger partial charge in [-0.2, -0.15) is 0 Å². The molecule has 1 rings (SSSR count). The molecule has 6 heteroatoms. The van der Waals surface area contributed by atoms with Gasteiger partial charge in [0.25, 0.3) is 0 Å². The molecule has 0 atom stereocenters. The maximum absolute atomic E-state index is 13.0. The number of anilines is 1. The molecule has 0 spiro atoms. The summed E-state index contributed by atoms with van der Waals surface area (Å²) >= 11 is 5.01. The molecule has 0 unspecified atom stereocenters. The Morgan fingerprint density at radius 1 is 1.42 bits per heavy atom. The number of nitrogens with two attached hydrogens (primary N) is 1. The smallest absolute Gasteiger partial charge is 0.320 e. The standard InChI is InChI=1S/C13H18FN3OS/c1-3-13(4-2,11(15)19)17-12(18)16-10-7-5-6-9(14)8-10/h5-8H,3-4H2,1-2H3,(H2,15,19)(H2,16,17,18). The number of rotatable bonds is 5. The Bertz CT molecular complexity index is 475. The number of thiocarbonyl (C=S) groups is 1. The van der Waals surface area contributed by atoms with Crippen LogP contribution in [0, 0.1) is 5.82 Å². The number of urea groups is 1. The molecule has 0 aliphatic carbocycles. The quantitative estimate of drug-likeness (QED) is 0.728. The Morgan fingerprint density at radius 3 is 2.53 bits per heavy atom. The van der Waals surface area contributed by atoms with Gasteiger partial charge in [0.1, 0.15) is 5.82 Å². The van der Waals surface area contributed by atoms with Crippen molar-refractivity contribution in [2.24, 2.45) is 5.73 Å². The zero-order chi connectivity index (χ0) is 14.5. The largest absolute Gasteiger partial charge is 0.391 e. The second-order valence-electron chi connectivity index (χ2n) is 4.24. The first-order valence-electron chi connectivity index (χ1n) is 6.08. The van der Waals surface area contributed by atoms with Crippen LogP contribution < -0.4 is 16.4 Å². The van der Waals surface area contributed by atoms with Crippen LogP contribution >= 0.6 is 12.2 Å². The van der Waals surface area contributed by atoms with E-state index in [1.54, 1.807) is 6.07 Å². The fraction of sp³-hybridized carbons (Fsp3) is 0.385. The third-order valence-corrected chi connectivity index (χ3v) is 3.50. The number of carbonyl (C=O) groups excluding carboxylic acids is 1. The Labute approximate surface area is 117 Å². The number of carbonyl (C=O) groups is 1. The van der Waals surface area contributed by atoms with E-state index in [1.165, 1.54) is 18.2 Å². The molecule has 0 fully saturated rings. The Morgan fingerprint density at radius 2 is 2.05 bits per heavy atom. The van der Waals surface area contributed by atoms with Gasteiger partial charge >= 0.3 is 6.03 Å². The molecule has 0 aliphatic heterocycles. The van der Waals surface area contributed by atoms with Gasteiger partial charge in [-0.3, -0.25) is 0 Å². The lowest BCUT2D eigenvalue weighted by atomic mass is 9.93. The predicted octanol–water partition coefficient (Wildman–Crippen LogP) is 2.79. The van der Waals surface area contributed by atoms with E-state index in [0.717, 1.165) is 0 Å². The molecule has 0 radical (unpaired) electrons. The van der Waals surface area contributed by atoms with Crippen LogP contribution in [0.2, 0.25) is 0 Å². The van der Waals surface area contributed by atoms with E-state index >= 15 is 0 Å². The monoisotopic (exact) mass is 283 g/mol. The van der Waals surface area contributed by atoms with E-state index in [4.69, 9.17) is 18.0 Å². The zero-order valence-electron chi connectivity index (χ0n) is 11.0. The average molecular weight is 283 g/mol. The van der Waals surface area contributed by atoms with Gasteiger partial charge < -0.3 is 16.4 Å². The lowest BCUT2D eigenvalue weighted by Crippen LogP contribution is -2.57. The molecule has 4 nitrogen and oxygen atoms in total. The molecule has 0 bridgehead atoms. The topological polar surface area (TPSA) is 67.2 Å². The highest BCUT2D eigenvalue weighted by molar-refractivity contribution is 7.80. The first-order chi connectivity index (χ1) is 8.93. The summed E-state index contributed by atoms with van der Waals surface area (Å²) in [6.45, 7) is 3.79. The first-order valence-corrected chi connectivity index (χ1v) is 6.49. The summed E-state index contributed by atoms with van der Waals surface area (Å²) in [5, 5.41) is 5.31. The van der Waals surface area contributed by atoms with Crippen molar-refractivity contribution in [2.45, 2.75) is 32.2 Å². The van der Waals surface area contributed by atoms with Gasteiger partial charge in [0, 0.05) is 5.69 Å². The minimum absolute atomic E-state index is 0.242. The minimum Gasteiger partial charge on any atom is -0.391 e. The van der Waals surface area contributed by atoms with Gasteiger partial charge in [0.15, 0.2) is 0 Å². The van der Waals surface area contributed by atoms with Crippen LogP contribution in [0.25, 0.3) is 0 Å². The first kappa shape index (κ1) is 15.4. The van der Waals surface area contributed by atoms with Crippen LogP contribution in [-0.2, 0) is 0 Å². The van der Waals surface area contributed by atoms with Crippen molar-refractivity contribution in [2.75, 3.05) is 5.32 Å². The van der Waals surface area contributed by atoms with Crippen LogP contribution in [0.4, 0.5) is 14.9 Å². The summed E-state index contributed by atoms with van der Waals surface area (Å²) < 4.78 is 13.0. The fourth-order valence-electron chi connectivity index (χ4n) is 1.78. The second kappa shape index (κ2) is 6.47. The molecule has 1 aromatic carbocycles. The van der Waals surface area contributed by atoms with E-state index < -0.39 is 17.4 Å². The fourth-order valence-corrected chi connectivity index (χ4v) is 2.12. The molecule has 104 valence electrons. The van der Waals surface area contributed by atoms with Gasteiger partial charge in [-0.15, -0.1) is 0 Å². The highest BCUT2D eigenvalue weighted by Gasteiger charge is 2.31. The number of hydrogen-bond donors (Lipinski definition) is 3. The molecular weight excluding hydrogens is 265 g/mol. The van der Waals surface area contributed by atoms with Crippen LogP contribution in [0.5, 0.6) is 0 Å². The van der Waals surface area contributed by atoms with E-state index in [9.17, 15) is 9.18 Å². The summed E-state index contributed by atoms with van der Waals surface area (Å²) in [7, 11) is 0. The number of amides is 2. The van der Waals surface area contributed by atoms with E-state index in [2.05, 4.69) is 10.6 Å². The molecule has 1 aromatic rings. The van der Waals surface area contributed by atoms with Crippen molar-refractivity contribution < 1.29 is 9.18 Å². The molecular formula is C13H18FN3OS. The third kappa shape index (κ3) is 3.89. The highest BCUT2D eigenvalue weighted by Crippen LogP contribution is 2.16. The lowest BCUT2D eigenvalue weighted by molar-refractivity contribution is 0.243. The van der Waals surface area contributed by atoms with Crippen molar-refractivity contribution >= 4 is 28.9 Å². The summed E-state index contributed by atoms with van der Waals surface area (Å²) in [4.78, 5) is 12.1. The van der Waals surface area contributed by atoms with E-state index in [0.29, 0.717) is 18.5 Å². The van der Waals surface area contributed by atoms with E-state index in [-0.39, 0.29) is 4.99 Å². The van der Waals surface area contributed by atoms with E-state index in [1.807, 2.05) is 13.8 Å². The molecule has 19 heavy (non-hydrogen) atoms. The number of hydrogen-bond acceptors (Lipinski definition) is 2. The van der Waals surface area contributed by atoms with Crippen LogP contribution in [0.15, 0.2) is 24.3 Å². The van der Waals surface area contributed by atoms with Gasteiger partial charge in [-0.1, -0.05) is 32.1 Å². The summed E-state index contributed by atoms with van der Waals surface area (Å²) in [5.41, 5.74) is 5.35. The summed E-state index contributed by atoms with van der Waals surface area (Å²) in [6, 6.07) is 5.21. The van der Waals surface area contributed by atoms with Crippen molar-refractivity contribution in [3.05, 3.63) is 30.1 Å². The van der Waals surface area contributed by atoms with Gasteiger partial charge in [-0.25, -0.2) is 9.18 Å². The lowest BCUT2D eigenvalue weighted by Gasteiger charge is -2.31. The van der Waals surface area contributed by atoms with Gasteiger partial charge in [0.05, 0.1) is 10.5 Å². The van der Waals surface area contributed by atoms with Crippen molar-refractivity contribution in [1.29, 1.82) is 0 Å². The Kier molecular flexibility index (Phi) is 5.23. The molecule has 0 aromatic heterocycles. The molecule has 2 amide bonds. The molecule has 0 saturated carbocycles. The van der Waals surface area contributed by atoms with Crippen LogP contribution in [0.1, 0.15) is 26.7 Å². The number of benzene rings is 1. The maximum Gasteiger partial charge on any atom is 0.320 e. The van der Waals surface area contributed by atoms with Crippen LogP contribution in [-0.4, -0.2) is 16.6 Å². The maximum atomic E-state index is 13.0. The minimum atomic E-state index is -0.716. The van der Waals surface area contributed by atoms with Crippen molar-refractivity contribution in [3.63, 3.8) is 0 Å². The number of nitrogens with one attached hydrogen (secondary N) is 2. The normalized spacial score (nSPS) is 10.9. The summed E-state index contributed by atoms with van der Waals surface area (Å²) in [5.74, 6) is -0.413. The molecule has 0 saturated heterocycles. The molecule has 4 N–H and O–H groups in total. The van der Waals surface area contributed by atoms with Gasteiger partial charge in [-0.05, 0) is 31.0 Å². The van der Waals surface area contributed by atoms with Crippen molar-refractivity contribution in [1.82, 2.24) is 5.32 Å². The number of halogens is 1. The predicted molar refractivity (Wildman–Crippen MR) is 78.7 cm³/mol. The highest BCUT2D eigenvalue weighted by atomic mass is 32.1. The second-order valence-corrected chi connectivity index (χ2v) is 4.68.